The summed E-state index contributed by atoms with van der Waals surface area (Å²) in [6.07, 6.45) is 5.09. The molecule has 1 aromatic heterocycles. The number of aromatic nitrogens is 2. The van der Waals surface area contributed by atoms with Crippen LogP contribution in [-0.4, -0.2) is 40.5 Å². The number of hydrogen-bond donors (Lipinski definition) is 2. The van der Waals surface area contributed by atoms with E-state index in [0.717, 1.165) is 25.3 Å². The van der Waals surface area contributed by atoms with Gasteiger partial charge >= 0.3 is 0 Å². The fraction of sp³-hybridized carbons (Fsp3) is 0.750. The number of nitrogens with zero attached hydrogens (tertiary/aromatic N) is 2. The van der Waals surface area contributed by atoms with Gasteiger partial charge in [0.25, 0.3) is 5.56 Å². The molecule has 0 bridgehead atoms. The Morgan fingerprint density at radius 2 is 2.29 bits per heavy atom. The molecule has 21 heavy (non-hydrogen) atoms. The van der Waals surface area contributed by atoms with E-state index in [1.807, 2.05) is 13.8 Å². The number of hydrogen-bond acceptors (Lipinski definition) is 4. The summed E-state index contributed by atoms with van der Waals surface area (Å²) in [5, 5.41) is 3.28. The van der Waals surface area contributed by atoms with Crippen LogP contribution in [0.1, 0.15) is 58.2 Å². The summed E-state index contributed by atoms with van der Waals surface area (Å²) in [5.74, 6) is 1.66. The Morgan fingerprint density at radius 1 is 1.48 bits per heavy atom. The maximum Gasteiger partial charge on any atom is 0.252 e. The van der Waals surface area contributed by atoms with Gasteiger partial charge in [0.15, 0.2) is 0 Å². The molecule has 5 heteroatoms. The fourth-order valence-corrected chi connectivity index (χ4v) is 2.83. The molecule has 0 saturated carbocycles. The summed E-state index contributed by atoms with van der Waals surface area (Å²) in [6, 6.07) is 2.25. The van der Waals surface area contributed by atoms with Gasteiger partial charge in [-0.05, 0) is 32.7 Å². The van der Waals surface area contributed by atoms with Crippen LogP contribution in [0.2, 0.25) is 0 Å². The molecule has 2 rings (SSSR count). The van der Waals surface area contributed by atoms with Crippen LogP contribution in [0.3, 0.4) is 0 Å². The lowest BCUT2D eigenvalue weighted by Crippen LogP contribution is -2.38. The first kappa shape index (κ1) is 16.0. The highest BCUT2D eigenvalue weighted by Gasteiger charge is 2.17. The lowest BCUT2D eigenvalue weighted by Gasteiger charge is -2.33. The van der Waals surface area contributed by atoms with E-state index in [-0.39, 0.29) is 11.5 Å². The van der Waals surface area contributed by atoms with Crippen LogP contribution >= 0.6 is 0 Å². The van der Waals surface area contributed by atoms with Crippen LogP contribution in [0.25, 0.3) is 0 Å². The quantitative estimate of drug-likeness (QED) is 0.791. The molecule has 0 aliphatic carbocycles. The van der Waals surface area contributed by atoms with Gasteiger partial charge in [-0.1, -0.05) is 20.3 Å². The highest BCUT2D eigenvalue weighted by atomic mass is 16.1. The monoisotopic (exact) mass is 292 g/mol. The first-order valence-corrected chi connectivity index (χ1v) is 8.15. The van der Waals surface area contributed by atoms with Crippen molar-refractivity contribution in [2.45, 2.75) is 58.4 Å². The topological polar surface area (TPSA) is 61.0 Å². The van der Waals surface area contributed by atoms with Crippen LogP contribution in [0.5, 0.6) is 0 Å². The zero-order valence-electron chi connectivity index (χ0n) is 13.5. The molecule has 0 spiro atoms. The molecule has 0 amide bonds. The highest BCUT2D eigenvalue weighted by Crippen LogP contribution is 2.16. The van der Waals surface area contributed by atoms with E-state index in [0.29, 0.717) is 11.9 Å². The molecule has 1 fully saturated rings. The van der Waals surface area contributed by atoms with Crippen molar-refractivity contribution in [3.05, 3.63) is 22.2 Å². The molecule has 0 aromatic carbocycles. The number of anilines is 1. The molecular weight excluding hydrogens is 264 g/mol. The SMILES string of the molecule is CC(C)c1nc(NCCCN2CCCCC2C)cc(=O)[nH]1. The van der Waals surface area contributed by atoms with Crippen LogP contribution < -0.4 is 10.9 Å². The number of aromatic amines is 1. The predicted molar refractivity (Wildman–Crippen MR) is 86.9 cm³/mol. The molecule has 1 atom stereocenters. The van der Waals surface area contributed by atoms with Crippen molar-refractivity contribution >= 4 is 5.82 Å². The van der Waals surface area contributed by atoms with Gasteiger partial charge in [0.1, 0.15) is 11.6 Å². The maximum atomic E-state index is 11.6. The lowest BCUT2D eigenvalue weighted by atomic mass is 10.0. The summed E-state index contributed by atoms with van der Waals surface area (Å²) in [5.41, 5.74) is -0.0825. The molecule has 2 N–H and O–H groups in total. The number of piperidine rings is 1. The zero-order valence-corrected chi connectivity index (χ0v) is 13.5. The van der Waals surface area contributed by atoms with Crippen LogP contribution in [0.4, 0.5) is 5.82 Å². The highest BCUT2D eigenvalue weighted by molar-refractivity contribution is 5.33. The van der Waals surface area contributed by atoms with Gasteiger partial charge in [0.2, 0.25) is 0 Å². The maximum absolute atomic E-state index is 11.6. The van der Waals surface area contributed by atoms with E-state index in [1.165, 1.54) is 31.9 Å². The van der Waals surface area contributed by atoms with Crippen molar-refractivity contribution < 1.29 is 0 Å². The van der Waals surface area contributed by atoms with E-state index < -0.39 is 0 Å². The number of nitrogens with one attached hydrogen (secondary N) is 2. The van der Waals surface area contributed by atoms with Crippen molar-refractivity contribution in [1.82, 2.24) is 14.9 Å². The lowest BCUT2D eigenvalue weighted by molar-refractivity contribution is 0.160. The van der Waals surface area contributed by atoms with Gasteiger partial charge in [-0.15, -0.1) is 0 Å². The van der Waals surface area contributed by atoms with Crippen molar-refractivity contribution in [2.75, 3.05) is 25.0 Å². The third kappa shape index (κ3) is 4.84. The second-order valence-electron chi connectivity index (χ2n) is 6.33. The van der Waals surface area contributed by atoms with Crippen LogP contribution in [0, 0.1) is 0 Å². The fourth-order valence-electron chi connectivity index (χ4n) is 2.83. The summed E-state index contributed by atoms with van der Waals surface area (Å²) in [6.45, 7) is 9.58. The number of H-pyrrole nitrogens is 1. The van der Waals surface area contributed by atoms with Gasteiger partial charge in [-0.25, -0.2) is 4.98 Å². The van der Waals surface area contributed by atoms with E-state index in [9.17, 15) is 4.79 Å². The molecule has 1 aliphatic heterocycles. The van der Waals surface area contributed by atoms with E-state index in [2.05, 4.69) is 27.1 Å². The van der Waals surface area contributed by atoms with E-state index in [4.69, 9.17) is 0 Å². The summed E-state index contributed by atoms with van der Waals surface area (Å²) in [4.78, 5) is 21.4. The molecular formula is C16H28N4O. The number of rotatable bonds is 6. The normalized spacial score (nSPS) is 19.9. The molecule has 118 valence electrons. The molecule has 0 radical (unpaired) electrons. The molecule has 5 nitrogen and oxygen atoms in total. The second-order valence-corrected chi connectivity index (χ2v) is 6.33. The Morgan fingerprint density at radius 3 is 3.00 bits per heavy atom. The predicted octanol–water partition coefficient (Wildman–Crippen LogP) is 2.57. The molecule has 1 aliphatic rings. The van der Waals surface area contributed by atoms with Gasteiger partial charge < -0.3 is 15.2 Å². The average molecular weight is 292 g/mol. The van der Waals surface area contributed by atoms with Crippen molar-refractivity contribution in [2.24, 2.45) is 0 Å². The van der Waals surface area contributed by atoms with Gasteiger partial charge in [-0.2, -0.15) is 0 Å². The second kappa shape index (κ2) is 7.59. The van der Waals surface area contributed by atoms with Crippen molar-refractivity contribution in [3.63, 3.8) is 0 Å². The first-order valence-electron chi connectivity index (χ1n) is 8.15. The van der Waals surface area contributed by atoms with Crippen molar-refractivity contribution in [3.8, 4) is 0 Å². The minimum atomic E-state index is -0.0825. The van der Waals surface area contributed by atoms with Crippen molar-refractivity contribution in [1.29, 1.82) is 0 Å². The largest absolute Gasteiger partial charge is 0.370 e. The van der Waals surface area contributed by atoms with Gasteiger partial charge in [0.05, 0.1) is 0 Å². The summed E-state index contributed by atoms with van der Waals surface area (Å²) in [7, 11) is 0. The third-order valence-corrected chi connectivity index (χ3v) is 4.18. The first-order chi connectivity index (χ1) is 10.1. The Labute approximate surface area is 127 Å². The smallest absolute Gasteiger partial charge is 0.252 e. The molecule has 1 saturated heterocycles. The molecule has 1 unspecified atom stereocenters. The van der Waals surface area contributed by atoms with Gasteiger partial charge in [-0.3, -0.25) is 4.79 Å². The Bertz CT molecular complexity index is 497. The minimum absolute atomic E-state index is 0.0825. The minimum Gasteiger partial charge on any atom is -0.370 e. The Balaban J connectivity index is 1.79. The summed E-state index contributed by atoms with van der Waals surface area (Å²) < 4.78 is 0. The standard InChI is InChI=1S/C16H28N4O/c1-12(2)16-18-14(11-15(21)19-16)17-8-6-10-20-9-5-4-7-13(20)3/h11-13H,4-10H2,1-3H3,(H2,17,18,19,21). The number of likely N-dealkylation sites (tertiary alicyclic amines) is 1. The van der Waals surface area contributed by atoms with E-state index >= 15 is 0 Å². The molecule has 2 heterocycles. The summed E-state index contributed by atoms with van der Waals surface area (Å²) >= 11 is 0. The Kier molecular flexibility index (Phi) is 5.79. The Hall–Kier alpha value is -1.36. The zero-order chi connectivity index (χ0) is 15.2. The van der Waals surface area contributed by atoms with E-state index in [1.54, 1.807) is 0 Å². The molecule has 1 aromatic rings. The third-order valence-electron chi connectivity index (χ3n) is 4.18. The van der Waals surface area contributed by atoms with Crippen LogP contribution in [0.15, 0.2) is 10.9 Å². The average Bonchev–Trinajstić information content (AvgIpc) is 2.44. The van der Waals surface area contributed by atoms with Crippen LogP contribution in [-0.2, 0) is 0 Å². The van der Waals surface area contributed by atoms with Gasteiger partial charge in [0, 0.05) is 31.1 Å².